The smallest absolute Gasteiger partial charge is 0.257 e. The van der Waals surface area contributed by atoms with Crippen LogP contribution in [0.25, 0.3) is 0 Å². The van der Waals surface area contributed by atoms with Crippen LogP contribution in [0.2, 0.25) is 0 Å². The van der Waals surface area contributed by atoms with Gasteiger partial charge in [0.15, 0.2) is 5.82 Å². The van der Waals surface area contributed by atoms with Crippen molar-refractivity contribution in [2.45, 2.75) is 23.2 Å². The van der Waals surface area contributed by atoms with E-state index in [4.69, 9.17) is 4.74 Å². The van der Waals surface area contributed by atoms with E-state index in [2.05, 4.69) is 9.97 Å². The van der Waals surface area contributed by atoms with Crippen LogP contribution < -0.4 is 9.64 Å². The fourth-order valence-electron chi connectivity index (χ4n) is 2.62. The zero-order chi connectivity index (χ0) is 17.2. The highest BCUT2D eigenvalue weighted by atomic mass is 32.2. The van der Waals surface area contributed by atoms with Gasteiger partial charge in [0, 0.05) is 33.0 Å². The monoisotopic (exact) mass is 368 g/mol. The van der Waals surface area contributed by atoms with Crippen LogP contribution in [0.3, 0.4) is 0 Å². The highest BCUT2D eigenvalue weighted by molar-refractivity contribution is 7.91. The van der Waals surface area contributed by atoms with E-state index in [1.165, 1.54) is 15.6 Å². The lowest BCUT2D eigenvalue weighted by Gasteiger charge is -2.31. The highest BCUT2D eigenvalue weighted by Gasteiger charge is 2.32. The van der Waals surface area contributed by atoms with Crippen LogP contribution in [0.15, 0.2) is 34.1 Å². The van der Waals surface area contributed by atoms with Gasteiger partial charge < -0.3 is 9.64 Å². The Balaban J connectivity index is 1.75. The summed E-state index contributed by atoms with van der Waals surface area (Å²) < 4.78 is 33.2. The maximum atomic E-state index is 12.7. The molecule has 1 unspecified atom stereocenters. The Hall–Kier alpha value is -1.71. The van der Waals surface area contributed by atoms with Crippen molar-refractivity contribution in [1.82, 2.24) is 14.3 Å². The van der Waals surface area contributed by atoms with E-state index in [0.29, 0.717) is 29.0 Å². The first kappa shape index (κ1) is 17.1. The molecule has 0 radical (unpaired) electrons. The van der Waals surface area contributed by atoms with Crippen molar-refractivity contribution < 1.29 is 13.2 Å². The van der Waals surface area contributed by atoms with Crippen molar-refractivity contribution in [3.05, 3.63) is 29.9 Å². The van der Waals surface area contributed by atoms with Crippen LogP contribution in [-0.2, 0) is 10.0 Å². The number of sulfonamides is 1. The van der Waals surface area contributed by atoms with Gasteiger partial charge in [0.1, 0.15) is 10.3 Å². The van der Waals surface area contributed by atoms with Crippen molar-refractivity contribution in [3.8, 4) is 5.88 Å². The third kappa shape index (κ3) is 3.52. The van der Waals surface area contributed by atoms with Gasteiger partial charge in [-0.05, 0) is 24.3 Å². The summed E-state index contributed by atoms with van der Waals surface area (Å²) in [7, 11) is 0.288. The molecule has 0 aromatic carbocycles. The second kappa shape index (κ2) is 7.04. The number of thiophene rings is 1. The average Bonchev–Trinajstić information content (AvgIpc) is 3.11. The fourth-order valence-corrected chi connectivity index (χ4v) is 5.28. The summed E-state index contributed by atoms with van der Waals surface area (Å²) in [5.74, 6) is 1.07. The number of piperidine rings is 1. The molecule has 1 saturated heterocycles. The molecule has 3 rings (SSSR count). The van der Waals surface area contributed by atoms with Gasteiger partial charge >= 0.3 is 0 Å². The number of aromatic nitrogens is 2. The number of anilines is 1. The zero-order valence-corrected chi connectivity index (χ0v) is 15.3. The molecule has 0 bridgehead atoms. The quantitative estimate of drug-likeness (QED) is 0.802. The van der Waals surface area contributed by atoms with E-state index in [9.17, 15) is 8.42 Å². The second-order valence-electron chi connectivity index (χ2n) is 5.76. The maximum absolute atomic E-state index is 12.7. The van der Waals surface area contributed by atoms with Crippen LogP contribution in [0.4, 0.5) is 5.82 Å². The summed E-state index contributed by atoms with van der Waals surface area (Å²) in [4.78, 5) is 10.3. The molecule has 24 heavy (non-hydrogen) atoms. The van der Waals surface area contributed by atoms with E-state index in [0.717, 1.165) is 12.8 Å². The molecule has 2 aromatic rings. The molecule has 1 aliphatic rings. The lowest BCUT2D eigenvalue weighted by molar-refractivity contribution is 0.125. The lowest BCUT2D eigenvalue weighted by Crippen LogP contribution is -2.44. The van der Waals surface area contributed by atoms with Gasteiger partial charge in [-0.1, -0.05) is 6.07 Å². The predicted molar refractivity (Wildman–Crippen MR) is 93.1 cm³/mol. The number of ether oxygens (including phenoxy) is 1. The minimum Gasteiger partial charge on any atom is -0.470 e. The molecule has 0 spiro atoms. The summed E-state index contributed by atoms with van der Waals surface area (Å²) >= 11 is 1.24. The van der Waals surface area contributed by atoms with E-state index >= 15 is 0 Å². The first-order valence-electron chi connectivity index (χ1n) is 7.67. The Morgan fingerprint density at radius 3 is 2.83 bits per heavy atom. The molecule has 0 saturated carbocycles. The van der Waals surface area contributed by atoms with E-state index in [-0.39, 0.29) is 6.10 Å². The molecule has 1 aliphatic heterocycles. The Labute approximate surface area is 146 Å². The van der Waals surface area contributed by atoms with Crippen LogP contribution >= 0.6 is 11.3 Å². The van der Waals surface area contributed by atoms with E-state index in [1.54, 1.807) is 29.9 Å². The standard InChI is InChI=1S/C15H20N4O3S2/c1-18(2)14-15(17-8-7-16-14)22-12-5-3-9-19(11-12)24(20,21)13-6-4-10-23-13/h4,6-8,10,12H,3,5,9,11H2,1-2H3. The number of hydrogen-bond donors (Lipinski definition) is 0. The topological polar surface area (TPSA) is 75.6 Å². The molecule has 1 atom stereocenters. The molecule has 0 N–H and O–H groups in total. The van der Waals surface area contributed by atoms with Crippen LogP contribution in [0.1, 0.15) is 12.8 Å². The van der Waals surface area contributed by atoms with Crippen LogP contribution in [-0.4, -0.2) is 56.0 Å². The summed E-state index contributed by atoms with van der Waals surface area (Å²) in [6.45, 7) is 0.838. The van der Waals surface area contributed by atoms with Crippen LogP contribution in [0.5, 0.6) is 5.88 Å². The van der Waals surface area contributed by atoms with Gasteiger partial charge in [0.05, 0.1) is 6.54 Å². The van der Waals surface area contributed by atoms with Gasteiger partial charge in [-0.15, -0.1) is 11.3 Å². The van der Waals surface area contributed by atoms with Crippen molar-refractivity contribution in [2.75, 3.05) is 32.1 Å². The summed E-state index contributed by atoms with van der Waals surface area (Å²) in [6, 6.07) is 3.38. The van der Waals surface area contributed by atoms with Crippen molar-refractivity contribution in [1.29, 1.82) is 0 Å². The SMILES string of the molecule is CN(C)c1nccnc1OC1CCCN(S(=O)(=O)c2cccs2)C1. The van der Waals surface area contributed by atoms with Gasteiger partial charge in [-0.2, -0.15) is 4.31 Å². The first-order valence-corrected chi connectivity index (χ1v) is 9.99. The Morgan fingerprint density at radius 2 is 2.12 bits per heavy atom. The number of rotatable bonds is 5. The minimum absolute atomic E-state index is 0.233. The largest absolute Gasteiger partial charge is 0.470 e. The summed E-state index contributed by atoms with van der Waals surface area (Å²) in [6.07, 6.45) is 4.50. The van der Waals surface area contributed by atoms with Gasteiger partial charge in [0.2, 0.25) is 0 Å². The van der Waals surface area contributed by atoms with Gasteiger partial charge in [-0.25, -0.2) is 18.4 Å². The first-order chi connectivity index (χ1) is 11.5. The number of hydrogen-bond acceptors (Lipinski definition) is 7. The molecular weight excluding hydrogens is 348 g/mol. The van der Waals surface area contributed by atoms with Gasteiger partial charge in [-0.3, -0.25) is 0 Å². The molecule has 0 amide bonds. The lowest BCUT2D eigenvalue weighted by atomic mass is 10.1. The van der Waals surface area contributed by atoms with Crippen molar-refractivity contribution in [3.63, 3.8) is 0 Å². The van der Waals surface area contributed by atoms with Crippen molar-refractivity contribution in [2.24, 2.45) is 0 Å². The molecule has 9 heteroatoms. The Morgan fingerprint density at radius 1 is 1.33 bits per heavy atom. The average molecular weight is 368 g/mol. The number of nitrogens with zero attached hydrogens (tertiary/aromatic N) is 4. The molecule has 2 aromatic heterocycles. The minimum atomic E-state index is -3.44. The summed E-state index contributed by atoms with van der Waals surface area (Å²) in [5.41, 5.74) is 0. The van der Waals surface area contributed by atoms with E-state index < -0.39 is 10.0 Å². The zero-order valence-electron chi connectivity index (χ0n) is 13.6. The molecule has 7 nitrogen and oxygen atoms in total. The normalized spacial score (nSPS) is 19.2. The predicted octanol–water partition coefficient (Wildman–Crippen LogP) is 1.84. The maximum Gasteiger partial charge on any atom is 0.257 e. The fraction of sp³-hybridized carbons (Fsp3) is 0.467. The van der Waals surface area contributed by atoms with Crippen molar-refractivity contribution >= 4 is 27.2 Å². The molecule has 3 heterocycles. The second-order valence-corrected chi connectivity index (χ2v) is 8.87. The Kier molecular flexibility index (Phi) is 5.02. The molecule has 1 fully saturated rings. The molecule has 0 aliphatic carbocycles. The Bertz CT molecular complexity index is 778. The van der Waals surface area contributed by atoms with Gasteiger partial charge in [0.25, 0.3) is 15.9 Å². The highest BCUT2D eigenvalue weighted by Crippen LogP contribution is 2.27. The third-order valence-electron chi connectivity index (χ3n) is 3.78. The van der Waals surface area contributed by atoms with Crippen LogP contribution in [0, 0.1) is 0 Å². The molecule has 130 valence electrons. The van der Waals surface area contributed by atoms with E-state index in [1.807, 2.05) is 19.0 Å². The third-order valence-corrected chi connectivity index (χ3v) is 7.02. The molecular formula is C15H20N4O3S2. The summed E-state index contributed by atoms with van der Waals surface area (Å²) in [5, 5.41) is 1.77.